The molecule has 0 saturated carbocycles. The third kappa shape index (κ3) is 4.01. The van der Waals surface area contributed by atoms with Crippen molar-refractivity contribution in [2.75, 3.05) is 25.5 Å². The van der Waals surface area contributed by atoms with Crippen molar-refractivity contribution in [1.82, 2.24) is 9.71 Å². The first-order valence-corrected chi connectivity index (χ1v) is 9.50. The predicted molar refractivity (Wildman–Crippen MR) is 102 cm³/mol. The van der Waals surface area contributed by atoms with E-state index in [0.717, 1.165) is 27.7 Å². The molecule has 6 nitrogen and oxygen atoms in total. The van der Waals surface area contributed by atoms with Gasteiger partial charge >= 0.3 is 0 Å². The lowest BCUT2D eigenvalue weighted by atomic mass is 9.91. The van der Waals surface area contributed by atoms with E-state index in [-0.39, 0.29) is 12.5 Å². The molecule has 132 valence electrons. The van der Waals surface area contributed by atoms with E-state index in [2.05, 4.69) is 9.71 Å². The molecule has 1 atom stereocenters. The largest absolute Gasteiger partial charge is 0.378 e. The van der Waals surface area contributed by atoms with Crippen LogP contribution in [0.3, 0.4) is 0 Å². The number of H-pyrrole nitrogens is 1. The fourth-order valence-corrected chi connectivity index (χ4v) is 3.39. The molecule has 0 unspecified atom stereocenters. The van der Waals surface area contributed by atoms with Crippen LogP contribution in [0.4, 0.5) is 5.69 Å². The van der Waals surface area contributed by atoms with Crippen molar-refractivity contribution in [3.63, 3.8) is 0 Å². The summed E-state index contributed by atoms with van der Waals surface area (Å²) in [5.41, 5.74) is 4.15. The number of nitrogens with two attached hydrogens (primary N) is 1. The lowest BCUT2D eigenvalue weighted by molar-refractivity contribution is 0.579. The molecule has 1 aromatic heterocycles. The zero-order valence-corrected chi connectivity index (χ0v) is 15.0. The molecule has 0 spiro atoms. The van der Waals surface area contributed by atoms with Crippen LogP contribution in [0.2, 0.25) is 0 Å². The van der Waals surface area contributed by atoms with Gasteiger partial charge in [0.05, 0.1) is 0 Å². The van der Waals surface area contributed by atoms with Crippen molar-refractivity contribution in [3.05, 3.63) is 65.9 Å². The van der Waals surface area contributed by atoms with Crippen LogP contribution in [0.1, 0.15) is 17.0 Å². The van der Waals surface area contributed by atoms with Gasteiger partial charge in [0.25, 0.3) is 10.2 Å². The number of hydrogen-bond acceptors (Lipinski definition) is 3. The second-order valence-electron chi connectivity index (χ2n) is 6.22. The summed E-state index contributed by atoms with van der Waals surface area (Å²) in [6, 6.07) is 16.0. The third-order valence-electron chi connectivity index (χ3n) is 4.30. The standard InChI is InChI=1S/C18H22N4O2S/c1-22(2)14-9-7-13(8-10-14)16(12-21-25(19,23)24)17-11-20-18-6-4-3-5-15(17)18/h3-11,16,20-21H,12H2,1-2H3,(H2,19,23,24)/t16-/m0/s1. The van der Waals surface area contributed by atoms with Crippen LogP contribution in [-0.2, 0) is 10.2 Å². The summed E-state index contributed by atoms with van der Waals surface area (Å²) in [5.74, 6) is -0.148. The molecular weight excluding hydrogens is 336 g/mol. The lowest BCUT2D eigenvalue weighted by Crippen LogP contribution is -2.34. The average Bonchev–Trinajstić information content (AvgIpc) is 2.99. The van der Waals surface area contributed by atoms with Gasteiger partial charge in [-0.25, -0.2) is 9.86 Å². The molecule has 1 heterocycles. The third-order valence-corrected chi connectivity index (χ3v) is 4.87. The van der Waals surface area contributed by atoms with Gasteiger partial charge in [-0.3, -0.25) is 0 Å². The Morgan fingerprint density at radius 3 is 2.44 bits per heavy atom. The van der Waals surface area contributed by atoms with Crippen LogP contribution >= 0.6 is 0 Å². The van der Waals surface area contributed by atoms with Gasteiger partial charge in [0.15, 0.2) is 0 Å². The summed E-state index contributed by atoms with van der Waals surface area (Å²) < 4.78 is 25.2. The number of para-hydroxylation sites is 1. The Morgan fingerprint density at radius 1 is 1.12 bits per heavy atom. The van der Waals surface area contributed by atoms with E-state index < -0.39 is 10.2 Å². The second kappa shape index (κ2) is 6.87. The van der Waals surface area contributed by atoms with Crippen LogP contribution in [0.15, 0.2) is 54.7 Å². The highest BCUT2D eigenvalue weighted by Crippen LogP contribution is 2.31. The van der Waals surface area contributed by atoms with Crippen molar-refractivity contribution in [2.45, 2.75) is 5.92 Å². The number of benzene rings is 2. The highest BCUT2D eigenvalue weighted by Gasteiger charge is 2.19. The molecule has 0 amide bonds. The molecular formula is C18H22N4O2S. The number of hydrogen-bond donors (Lipinski definition) is 3. The summed E-state index contributed by atoms with van der Waals surface area (Å²) in [5, 5.41) is 6.21. The maximum atomic E-state index is 11.4. The first-order chi connectivity index (χ1) is 11.8. The number of rotatable bonds is 6. The molecule has 0 aliphatic carbocycles. The Hall–Kier alpha value is -2.35. The summed E-state index contributed by atoms with van der Waals surface area (Å²) >= 11 is 0. The molecule has 0 fully saturated rings. The van der Waals surface area contributed by atoms with Gasteiger partial charge in [0, 0.05) is 49.3 Å². The molecule has 25 heavy (non-hydrogen) atoms. The van der Waals surface area contributed by atoms with Crippen LogP contribution in [0, 0.1) is 0 Å². The van der Waals surface area contributed by atoms with Crippen molar-refractivity contribution < 1.29 is 8.42 Å². The minimum absolute atomic E-state index is 0.148. The minimum Gasteiger partial charge on any atom is -0.378 e. The van der Waals surface area contributed by atoms with Crippen LogP contribution < -0.4 is 14.8 Å². The van der Waals surface area contributed by atoms with E-state index in [1.165, 1.54) is 0 Å². The molecule has 2 aromatic carbocycles. The molecule has 4 N–H and O–H groups in total. The number of anilines is 1. The fraction of sp³-hybridized carbons (Fsp3) is 0.222. The van der Waals surface area contributed by atoms with Gasteiger partial charge in [-0.05, 0) is 29.3 Å². The SMILES string of the molecule is CN(C)c1ccc([C@H](CNS(N)(=O)=O)c2c[nH]c3ccccc23)cc1. The van der Waals surface area contributed by atoms with E-state index in [1.807, 2.05) is 73.7 Å². The Morgan fingerprint density at radius 2 is 1.80 bits per heavy atom. The summed E-state index contributed by atoms with van der Waals surface area (Å²) in [4.78, 5) is 5.27. The van der Waals surface area contributed by atoms with Crippen molar-refractivity contribution in [3.8, 4) is 0 Å². The van der Waals surface area contributed by atoms with E-state index >= 15 is 0 Å². The zero-order chi connectivity index (χ0) is 18.0. The number of nitrogens with zero attached hydrogens (tertiary/aromatic N) is 1. The molecule has 0 bridgehead atoms. The smallest absolute Gasteiger partial charge is 0.274 e. The fourth-order valence-electron chi connectivity index (χ4n) is 2.99. The van der Waals surface area contributed by atoms with Crippen molar-refractivity contribution >= 4 is 26.8 Å². The van der Waals surface area contributed by atoms with Gasteiger partial charge in [-0.2, -0.15) is 8.42 Å². The van der Waals surface area contributed by atoms with E-state index in [0.29, 0.717) is 0 Å². The normalized spacial score (nSPS) is 13.1. The van der Waals surface area contributed by atoms with Crippen molar-refractivity contribution in [2.24, 2.45) is 5.14 Å². The summed E-state index contributed by atoms with van der Waals surface area (Å²) in [6.45, 7) is 0.196. The number of aromatic nitrogens is 1. The monoisotopic (exact) mass is 358 g/mol. The molecule has 0 saturated heterocycles. The second-order valence-corrected chi connectivity index (χ2v) is 7.60. The Bertz CT molecular complexity index is 962. The summed E-state index contributed by atoms with van der Waals surface area (Å²) in [7, 11) is 0.200. The van der Waals surface area contributed by atoms with Gasteiger partial charge in [0.1, 0.15) is 0 Å². The van der Waals surface area contributed by atoms with Gasteiger partial charge in [-0.1, -0.05) is 30.3 Å². The highest BCUT2D eigenvalue weighted by molar-refractivity contribution is 7.87. The molecule has 7 heteroatoms. The average molecular weight is 358 g/mol. The van der Waals surface area contributed by atoms with Gasteiger partial charge in [-0.15, -0.1) is 0 Å². The number of aromatic amines is 1. The Kier molecular flexibility index (Phi) is 4.80. The predicted octanol–water partition coefficient (Wildman–Crippen LogP) is 2.16. The maximum Gasteiger partial charge on any atom is 0.274 e. The Balaban J connectivity index is 2.03. The quantitative estimate of drug-likeness (QED) is 0.630. The van der Waals surface area contributed by atoms with E-state index in [4.69, 9.17) is 5.14 Å². The van der Waals surface area contributed by atoms with Crippen LogP contribution in [0.5, 0.6) is 0 Å². The molecule has 0 radical (unpaired) electrons. The lowest BCUT2D eigenvalue weighted by Gasteiger charge is -2.19. The molecule has 0 aliphatic heterocycles. The van der Waals surface area contributed by atoms with Crippen LogP contribution in [0.25, 0.3) is 10.9 Å². The zero-order valence-electron chi connectivity index (χ0n) is 14.2. The first kappa shape index (κ1) is 17.5. The Labute approximate surface area is 147 Å². The maximum absolute atomic E-state index is 11.4. The highest BCUT2D eigenvalue weighted by atomic mass is 32.2. The van der Waals surface area contributed by atoms with Gasteiger partial charge in [0.2, 0.25) is 0 Å². The minimum atomic E-state index is -3.76. The van der Waals surface area contributed by atoms with Crippen molar-refractivity contribution in [1.29, 1.82) is 0 Å². The van der Waals surface area contributed by atoms with Gasteiger partial charge < -0.3 is 9.88 Å². The number of nitrogens with one attached hydrogen (secondary N) is 2. The molecule has 3 aromatic rings. The molecule has 0 aliphatic rings. The molecule has 3 rings (SSSR count). The summed E-state index contributed by atoms with van der Waals surface area (Å²) in [6.07, 6.45) is 1.93. The van der Waals surface area contributed by atoms with E-state index in [1.54, 1.807) is 0 Å². The first-order valence-electron chi connectivity index (χ1n) is 7.96. The topological polar surface area (TPSA) is 91.2 Å². The number of fused-ring (bicyclic) bond motifs is 1. The van der Waals surface area contributed by atoms with Crippen LogP contribution in [-0.4, -0.2) is 34.0 Å². The van der Waals surface area contributed by atoms with E-state index in [9.17, 15) is 8.42 Å².